The highest BCUT2D eigenvalue weighted by molar-refractivity contribution is 5.74. The van der Waals surface area contributed by atoms with Crippen LogP contribution in [0.5, 0.6) is 0 Å². The van der Waals surface area contributed by atoms with Crippen LogP contribution in [0.3, 0.4) is 0 Å². The lowest BCUT2D eigenvalue weighted by atomic mass is 10.0. The van der Waals surface area contributed by atoms with Crippen LogP contribution in [0, 0.1) is 5.92 Å². The molecule has 2 rings (SSSR count). The number of esters is 1. The van der Waals surface area contributed by atoms with Gasteiger partial charge in [-0.3, -0.25) is 4.79 Å². The Morgan fingerprint density at radius 3 is 2.05 bits per heavy atom. The third kappa shape index (κ3) is 8.41. The van der Waals surface area contributed by atoms with Crippen molar-refractivity contribution in [2.45, 2.75) is 53.4 Å². The van der Waals surface area contributed by atoms with Gasteiger partial charge in [0.2, 0.25) is 0 Å². The van der Waals surface area contributed by atoms with Crippen molar-refractivity contribution in [3.63, 3.8) is 0 Å². The molecule has 0 heterocycles. The second-order valence-electron chi connectivity index (χ2n) is 4.59. The van der Waals surface area contributed by atoms with Crippen LogP contribution in [0.1, 0.15) is 58.9 Å². The molecule has 1 fully saturated rings. The summed E-state index contributed by atoms with van der Waals surface area (Å²) in [4.78, 5) is 10.6. The van der Waals surface area contributed by atoms with Crippen LogP contribution in [0.4, 0.5) is 0 Å². The number of ether oxygens (including phenoxy) is 1. The van der Waals surface area contributed by atoms with Crippen LogP contribution in [0.25, 0.3) is 0 Å². The molecule has 1 aromatic carbocycles. The van der Waals surface area contributed by atoms with Gasteiger partial charge in [0, 0.05) is 0 Å². The highest BCUT2D eigenvalue weighted by Crippen LogP contribution is 2.29. The number of carbonyl (C=O) groups is 1. The number of benzene rings is 1. The fourth-order valence-corrected chi connectivity index (χ4v) is 1.42. The van der Waals surface area contributed by atoms with E-state index >= 15 is 0 Å². The normalized spacial score (nSPS) is 12.7. The van der Waals surface area contributed by atoms with E-state index in [4.69, 9.17) is 4.74 Å². The van der Waals surface area contributed by atoms with E-state index in [1.54, 1.807) is 0 Å². The van der Waals surface area contributed by atoms with Crippen molar-refractivity contribution >= 4 is 5.97 Å². The van der Waals surface area contributed by atoms with Crippen LogP contribution in [-0.2, 0) is 9.53 Å². The predicted octanol–water partition coefficient (Wildman–Crippen LogP) is 4.80. The first kappa shape index (κ1) is 17.7. The number of rotatable bonds is 3. The third-order valence-electron chi connectivity index (χ3n) is 2.66. The Labute approximate surface area is 118 Å². The van der Waals surface area contributed by atoms with E-state index in [2.05, 4.69) is 38.1 Å². The number of hydrogen-bond acceptors (Lipinski definition) is 2. The van der Waals surface area contributed by atoms with Crippen LogP contribution in [0.15, 0.2) is 30.3 Å². The van der Waals surface area contributed by atoms with Gasteiger partial charge >= 0.3 is 5.97 Å². The van der Waals surface area contributed by atoms with E-state index in [9.17, 15) is 4.79 Å². The zero-order valence-corrected chi connectivity index (χ0v) is 13.0. The molecule has 0 radical (unpaired) electrons. The molecule has 0 unspecified atom stereocenters. The Kier molecular flexibility index (Phi) is 9.87. The van der Waals surface area contributed by atoms with Crippen molar-refractivity contribution in [1.29, 1.82) is 0 Å². The molecule has 0 saturated heterocycles. The maximum atomic E-state index is 10.6. The zero-order valence-electron chi connectivity index (χ0n) is 13.0. The topological polar surface area (TPSA) is 26.3 Å². The fourth-order valence-electron chi connectivity index (χ4n) is 1.42. The van der Waals surface area contributed by atoms with Crippen molar-refractivity contribution in [3.05, 3.63) is 35.9 Å². The van der Waals surface area contributed by atoms with Gasteiger partial charge in [-0.15, -0.1) is 0 Å². The average Bonchev–Trinajstić information content (AvgIpc) is 3.27. The van der Waals surface area contributed by atoms with Crippen LogP contribution >= 0.6 is 0 Å². The summed E-state index contributed by atoms with van der Waals surface area (Å²) in [7, 11) is 0. The quantitative estimate of drug-likeness (QED) is 0.733. The molecule has 0 aromatic heterocycles. The summed E-state index contributed by atoms with van der Waals surface area (Å²) in [6.45, 7) is 10.8. The molecule has 2 heteroatoms. The van der Waals surface area contributed by atoms with Crippen LogP contribution in [-0.4, -0.2) is 12.6 Å². The molecule has 1 aliphatic rings. The van der Waals surface area contributed by atoms with Gasteiger partial charge < -0.3 is 4.74 Å². The molecule has 0 aliphatic heterocycles. The SMILES string of the molecule is CC.CC(C)c1ccccc1.CCOC(=O)C1CC1. The molecular weight excluding hydrogens is 236 g/mol. The van der Waals surface area contributed by atoms with Crippen molar-refractivity contribution in [2.75, 3.05) is 6.61 Å². The summed E-state index contributed by atoms with van der Waals surface area (Å²) in [5.41, 5.74) is 1.41. The minimum atomic E-state index is -0.00694. The first-order valence-corrected chi connectivity index (χ1v) is 7.36. The second kappa shape index (κ2) is 10.6. The van der Waals surface area contributed by atoms with Crippen LogP contribution in [0.2, 0.25) is 0 Å². The summed E-state index contributed by atoms with van der Waals surface area (Å²) < 4.78 is 4.73. The molecule has 0 spiro atoms. The Bertz CT molecular complexity index is 326. The predicted molar refractivity (Wildman–Crippen MR) is 81.2 cm³/mol. The van der Waals surface area contributed by atoms with E-state index in [0.717, 1.165) is 12.8 Å². The van der Waals surface area contributed by atoms with Gasteiger partial charge in [-0.2, -0.15) is 0 Å². The second-order valence-corrected chi connectivity index (χ2v) is 4.59. The Morgan fingerprint density at radius 1 is 1.21 bits per heavy atom. The Morgan fingerprint density at radius 2 is 1.74 bits per heavy atom. The lowest BCUT2D eigenvalue weighted by Gasteiger charge is -2.01. The van der Waals surface area contributed by atoms with Crippen molar-refractivity contribution in [3.8, 4) is 0 Å². The molecule has 2 nitrogen and oxygen atoms in total. The first-order chi connectivity index (χ1) is 9.15. The highest BCUT2D eigenvalue weighted by Gasteiger charge is 2.30. The number of carbonyl (C=O) groups excluding carboxylic acids is 1. The van der Waals surface area contributed by atoms with Gasteiger partial charge in [-0.05, 0) is 31.2 Å². The minimum Gasteiger partial charge on any atom is -0.466 e. The fraction of sp³-hybridized carbons (Fsp3) is 0.588. The van der Waals surface area contributed by atoms with Gasteiger partial charge in [-0.25, -0.2) is 0 Å². The van der Waals surface area contributed by atoms with E-state index in [1.165, 1.54) is 5.56 Å². The van der Waals surface area contributed by atoms with Gasteiger partial charge in [0.15, 0.2) is 0 Å². The molecule has 0 bridgehead atoms. The Balaban J connectivity index is 0.000000303. The maximum Gasteiger partial charge on any atom is 0.308 e. The third-order valence-corrected chi connectivity index (χ3v) is 2.66. The molecule has 0 N–H and O–H groups in total. The standard InChI is InChI=1S/C9H12.C6H10O2.C2H6/c1-8(2)9-6-4-3-5-7-9;1-2-8-6(7)5-3-4-5;1-2/h3-8H,1-2H3;5H,2-4H2,1H3;1-2H3. The molecule has 108 valence electrons. The average molecular weight is 264 g/mol. The monoisotopic (exact) mass is 264 g/mol. The van der Waals surface area contributed by atoms with Gasteiger partial charge in [0.1, 0.15) is 0 Å². The largest absolute Gasteiger partial charge is 0.466 e. The van der Waals surface area contributed by atoms with E-state index in [-0.39, 0.29) is 11.9 Å². The van der Waals surface area contributed by atoms with Gasteiger partial charge in [0.05, 0.1) is 12.5 Å². The molecule has 0 amide bonds. The van der Waals surface area contributed by atoms with E-state index in [1.807, 2.05) is 26.8 Å². The lowest BCUT2D eigenvalue weighted by molar-refractivity contribution is -0.144. The first-order valence-electron chi connectivity index (χ1n) is 7.36. The summed E-state index contributed by atoms with van der Waals surface area (Å²) in [6.07, 6.45) is 2.08. The smallest absolute Gasteiger partial charge is 0.308 e. The molecule has 0 atom stereocenters. The maximum absolute atomic E-state index is 10.6. The van der Waals surface area contributed by atoms with Gasteiger partial charge in [-0.1, -0.05) is 58.0 Å². The minimum absolute atomic E-state index is 0.00694. The molecule has 1 aromatic rings. The summed E-state index contributed by atoms with van der Waals surface area (Å²) in [6, 6.07) is 10.5. The van der Waals surface area contributed by atoms with Crippen molar-refractivity contribution in [1.82, 2.24) is 0 Å². The highest BCUT2D eigenvalue weighted by atomic mass is 16.5. The van der Waals surface area contributed by atoms with Crippen LogP contribution < -0.4 is 0 Å². The summed E-state index contributed by atoms with van der Waals surface area (Å²) in [5.74, 6) is 0.911. The summed E-state index contributed by atoms with van der Waals surface area (Å²) in [5, 5.41) is 0. The van der Waals surface area contributed by atoms with E-state index in [0.29, 0.717) is 12.5 Å². The summed E-state index contributed by atoms with van der Waals surface area (Å²) >= 11 is 0. The van der Waals surface area contributed by atoms with E-state index < -0.39 is 0 Å². The molecule has 1 aliphatic carbocycles. The zero-order chi connectivity index (χ0) is 14.7. The van der Waals surface area contributed by atoms with Crippen molar-refractivity contribution in [2.24, 2.45) is 5.92 Å². The molecular formula is C17H28O2. The molecule has 19 heavy (non-hydrogen) atoms. The Hall–Kier alpha value is -1.31. The number of hydrogen-bond donors (Lipinski definition) is 0. The van der Waals surface area contributed by atoms with Gasteiger partial charge in [0.25, 0.3) is 0 Å². The molecule has 1 saturated carbocycles. The lowest BCUT2D eigenvalue weighted by Crippen LogP contribution is -2.04. The van der Waals surface area contributed by atoms with Crippen molar-refractivity contribution < 1.29 is 9.53 Å².